The van der Waals surface area contributed by atoms with Crippen molar-refractivity contribution in [2.24, 2.45) is 17.8 Å². The molecule has 0 saturated heterocycles. The first-order valence-electron chi connectivity index (χ1n) is 9.09. The Hall–Kier alpha value is -0.0400. The van der Waals surface area contributed by atoms with Gasteiger partial charge in [-0.25, -0.2) is 0 Å². The van der Waals surface area contributed by atoms with E-state index in [4.69, 9.17) is 0 Å². The smallest absolute Gasteiger partial charge is 0.00749 e. The minimum Gasteiger partial charge on any atom is -0.311 e. The molecule has 0 spiro atoms. The first kappa shape index (κ1) is 13.9. The first-order valence-corrected chi connectivity index (χ1v) is 9.09. The quantitative estimate of drug-likeness (QED) is 0.714. The molecule has 3 fully saturated rings. The lowest BCUT2D eigenvalue weighted by molar-refractivity contribution is 0.145. The number of hydrogen-bond donors (Lipinski definition) is 1. The summed E-state index contributed by atoms with van der Waals surface area (Å²) < 4.78 is 0. The third kappa shape index (κ3) is 3.74. The molecular weight excluding hydrogens is 230 g/mol. The van der Waals surface area contributed by atoms with E-state index in [1.165, 1.54) is 70.6 Å². The molecule has 19 heavy (non-hydrogen) atoms. The van der Waals surface area contributed by atoms with Crippen LogP contribution in [0.2, 0.25) is 0 Å². The fraction of sp³-hybridized carbons (Fsp3) is 1.00. The summed E-state index contributed by atoms with van der Waals surface area (Å²) in [6.07, 6.45) is 17.8. The SMILES string of the molecule is CCC1CCCC(NC2CC3CCCC(C3)C2)CC1. The maximum atomic E-state index is 4.07. The van der Waals surface area contributed by atoms with Gasteiger partial charge in [-0.15, -0.1) is 0 Å². The average Bonchev–Trinajstić information content (AvgIpc) is 2.63. The van der Waals surface area contributed by atoms with E-state index in [0.717, 1.165) is 29.8 Å². The van der Waals surface area contributed by atoms with E-state index in [-0.39, 0.29) is 0 Å². The number of fused-ring (bicyclic) bond motifs is 2. The minimum absolute atomic E-state index is 0.848. The number of nitrogens with one attached hydrogen (secondary N) is 1. The van der Waals surface area contributed by atoms with Crippen LogP contribution >= 0.6 is 0 Å². The van der Waals surface area contributed by atoms with Crippen molar-refractivity contribution >= 4 is 0 Å². The lowest BCUT2D eigenvalue weighted by Crippen LogP contribution is -2.44. The highest BCUT2D eigenvalue weighted by Gasteiger charge is 2.32. The van der Waals surface area contributed by atoms with Gasteiger partial charge in [-0.1, -0.05) is 45.4 Å². The number of rotatable bonds is 3. The van der Waals surface area contributed by atoms with Crippen LogP contribution in [0.5, 0.6) is 0 Å². The van der Waals surface area contributed by atoms with Crippen LogP contribution in [0.15, 0.2) is 0 Å². The highest BCUT2D eigenvalue weighted by atomic mass is 15.0. The Bertz CT molecular complexity index is 263. The molecule has 0 aliphatic heterocycles. The molecule has 110 valence electrons. The van der Waals surface area contributed by atoms with E-state index in [2.05, 4.69) is 12.2 Å². The molecule has 3 aliphatic rings. The van der Waals surface area contributed by atoms with Gasteiger partial charge in [0.05, 0.1) is 0 Å². The van der Waals surface area contributed by atoms with Gasteiger partial charge in [0.15, 0.2) is 0 Å². The summed E-state index contributed by atoms with van der Waals surface area (Å²) in [5.74, 6) is 3.16. The predicted octanol–water partition coefficient (Wildman–Crippen LogP) is 4.90. The molecular formula is C18H33N. The Morgan fingerprint density at radius 1 is 0.737 bits per heavy atom. The fourth-order valence-electron chi connectivity index (χ4n) is 5.15. The maximum absolute atomic E-state index is 4.07. The van der Waals surface area contributed by atoms with Gasteiger partial charge in [-0.3, -0.25) is 0 Å². The van der Waals surface area contributed by atoms with Crippen LogP contribution in [-0.2, 0) is 0 Å². The van der Waals surface area contributed by atoms with Gasteiger partial charge < -0.3 is 5.32 Å². The molecule has 1 N–H and O–H groups in total. The van der Waals surface area contributed by atoms with Crippen molar-refractivity contribution in [3.63, 3.8) is 0 Å². The van der Waals surface area contributed by atoms with Gasteiger partial charge >= 0.3 is 0 Å². The van der Waals surface area contributed by atoms with E-state index in [1.807, 2.05) is 0 Å². The molecule has 0 aromatic carbocycles. The normalized spacial score (nSPS) is 43.7. The monoisotopic (exact) mass is 263 g/mol. The van der Waals surface area contributed by atoms with Crippen molar-refractivity contribution in [1.82, 2.24) is 5.32 Å². The molecule has 0 radical (unpaired) electrons. The molecule has 4 unspecified atom stereocenters. The lowest BCUT2D eigenvalue weighted by Gasteiger charge is -2.40. The van der Waals surface area contributed by atoms with Gasteiger partial charge in [0.25, 0.3) is 0 Å². The standard InChI is InChI=1S/C18H33N/c1-2-14-5-4-8-17(10-9-14)19-18-12-15-6-3-7-16(11-15)13-18/h14-19H,2-13H2,1H3. The first-order chi connectivity index (χ1) is 9.33. The maximum Gasteiger partial charge on any atom is 0.00749 e. The molecule has 3 saturated carbocycles. The van der Waals surface area contributed by atoms with Gasteiger partial charge in [0.2, 0.25) is 0 Å². The summed E-state index contributed by atoms with van der Waals surface area (Å²) in [6, 6.07) is 1.72. The summed E-state index contributed by atoms with van der Waals surface area (Å²) in [5, 5.41) is 4.07. The van der Waals surface area contributed by atoms with E-state index < -0.39 is 0 Å². The zero-order valence-corrected chi connectivity index (χ0v) is 12.9. The van der Waals surface area contributed by atoms with Gasteiger partial charge in [-0.2, -0.15) is 0 Å². The second kappa shape index (κ2) is 6.61. The summed E-state index contributed by atoms with van der Waals surface area (Å²) in [5.41, 5.74) is 0. The van der Waals surface area contributed by atoms with Crippen LogP contribution in [-0.4, -0.2) is 12.1 Å². The summed E-state index contributed by atoms with van der Waals surface area (Å²) >= 11 is 0. The lowest BCUT2D eigenvalue weighted by atomic mass is 9.70. The van der Waals surface area contributed by atoms with E-state index in [0.29, 0.717) is 0 Å². The highest BCUT2D eigenvalue weighted by molar-refractivity contribution is 4.88. The third-order valence-corrected chi connectivity index (χ3v) is 6.26. The van der Waals surface area contributed by atoms with E-state index in [1.54, 1.807) is 6.42 Å². The van der Waals surface area contributed by atoms with Crippen LogP contribution < -0.4 is 5.32 Å². The molecule has 3 rings (SSSR count). The fourth-order valence-corrected chi connectivity index (χ4v) is 5.15. The van der Waals surface area contributed by atoms with Crippen molar-refractivity contribution in [3.05, 3.63) is 0 Å². The predicted molar refractivity (Wildman–Crippen MR) is 82.3 cm³/mol. The third-order valence-electron chi connectivity index (χ3n) is 6.26. The van der Waals surface area contributed by atoms with Gasteiger partial charge in [0, 0.05) is 12.1 Å². The van der Waals surface area contributed by atoms with E-state index in [9.17, 15) is 0 Å². The van der Waals surface area contributed by atoms with Crippen LogP contribution in [0.25, 0.3) is 0 Å². The largest absolute Gasteiger partial charge is 0.311 e. The Kier molecular flexibility index (Phi) is 4.84. The highest BCUT2D eigenvalue weighted by Crippen LogP contribution is 2.40. The van der Waals surface area contributed by atoms with Crippen LogP contribution in [0.1, 0.15) is 84.0 Å². The zero-order chi connectivity index (χ0) is 13.1. The molecule has 0 heterocycles. The summed E-state index contributed by atoms with van der Waals surface area (Å²) in [7, 11) is 0. The van der Waals surface area contributed by atoms with Crippen molar-refractivity contribution in [2.45, 2.75) is 96.1 Å². The second-order valence-electron chi connectivity index (χ2n) is 7.71. The van der Waals surface area contributed by atoms with E-state index >= 15 is 0 Å². The minimum atomic E-state index is 0.848. The summed E-state index contributed by atoms with van der Waals surface area (Å²) in [6.45, 7) is 2.38. The topological polar surface area (TPSA) is 12.0 Å². The molecule has 0 aromatic heterocycles. The Morgan fingerprint density at radius 3 is 2.21 bits per heavy atom. The molecule has 2 bridgehead atoms. The van der Waals surface area contributed by atoms with Crippen molar-refractivity contribution in [2.75, 3.05) is 0 Å². The number of hydrogen-bond acceptors (Lipinski definition) is 1. The average molecular weight is 263 g/mol. The van der Waals surface area contributed by atoms with Crippen LogP contribution in [0.4, 0.5) is 0 Å². The molecule has 0 amide bonds. The Morgan fingerprint density at radius 2 is 1.47 bits per heavy atom. The van der Waals surface area contributed by atoms with Crippen molar-refractivity contribution < 1.29 is 0 Å². The van der Waals surface area contributed by atoms with Crippen LogP contribution in [0, 0.1) is 17.8 Å². The molecule has 3 aliphatic carbocycles. The Labute approximate surface area is 119 Å². The molecule has 1 heteroatoms. The molecule has 0 aromatic rings. The summed E-state index contributed by atoms with van der Waals surface area (Å²) in [4.78, 5) is 0. The van der Waals surface area contributed by atoms with Crippen molar-refractivity contribution in [3.8, 4) is 0 Å². The zero-order valence-electron chi connectivity index (χ0n) is 12.9. The second-order valence-corrected chi connectivity index (χ2v) is 7.71. The van der Waals surface area contributed by atoms with Crippen molar-refractivity contribution in [1.29, 1.82) is 0 Å². The van der Waals surface area contributed by atoms with Gasteiger partial charge in [-0.05, 0) is 56.3 Å². The molecule has 1 nitrogen and oxygen atoms in total. The van der Waals surface area contributed by atoms with Crippen LogP contribution in [0.3, 0.4) is 0 Å². The molecule has 4 atom stereocenters. The Balaban J connectivity index is 1.48. The van der Waals surface area contributed by atoms with Gasteiger partial charge in [0.1, 0.15) is 0 Å².